The average molecular weight is 333 g/mol. The molecule has 1 spiro atoms. The molecular formula is C18H24FN3O2. The number of halogens is 1. The zero-order chi connectivity index (χ0) is 17.3. The van der Waals surface area contributed by atoms with E-state index in [9.17, 15) is 14.0 Å². The standard InChI is InChI=1S/C18H24FN3O2/c1-13-6-8-18(9-7-13)16(23)22(17(24)20-18)12-21(2)11-14-4-3-5-15(19)10-14/h3-5,10,13H,6-9,11-12H2,1-2H3,(H,20,24). The van der Waals surface area contributed by atoms with Crippen LogP contribution in [0.1, 0.15) is 38.2 Å². The predicted molar refractivity (Wildman–Crippen MR) is 88.5 cm³/mol. The maximum absolute atomic E-state index is 13.3. The number of carbonyl (C=O) groups excluding carboxylic acids is 2. The lowest BCUT2D eigenvalue weighted by atomic mass is 9.77. The van der Waals surface area contributed by atoms with Crippen molar-refractivity contribution in [3.05, 3.63) is 35.6 Å². The summed E-state index contributed by atoms with van der Waals surface area (Å²) in [7, 11) is 1.82. The van der Waals surface area contributed by atoms with Crippen molar-refractivity contribution >= 4 is 11.9 Å². The Hall–Kier alpha value is -1.95. The third kappa shape index (κ3) is 3.29. The second kappa shape index (κ2) is 6.51. The van der Waals surface area contributed by atoms with Gasteiger partial charge in [0, 0.05) is 6.54 Å². The van der Waals surface area contributed by atoms with Gasteiger partial charge in [-0.15, -0.1) is 0 Å². The molecule has 1 heterocycles. The lowest BCUT2D eigenvalue weighted by Gasteiger charge is -2.33. The van der Waals surface area contributed by atoms with Gasteiger partial charge in [0.2, 0.25) is 0 Å². The number of urea groups is 1. The number of nitrogens with one attached hydrogen (secondary N) is 1. The van der Waals surface area contributed by atoms with Gasteiger partial charge in [-0.2, -0.15) is 0 Å². The maximum atomic E-state index is 13.3. The Balaban J connectivity index is 1.64. The van der Waals surface area contributed by atoms with Crippen LogP contribution >= 0.6 is 0 Å². The summed E-state index contributed by atoms with van der Waals surface area (Å²) in [6.07, 6.45) is 3.34. The summed E-state index contributed by atoms with van der Waals surface area (Å²) < 4.78 is 13.3. The van der Waals surface area contributed by atoms with E-state index in [-0.39, 0.29) is 24.4 Å². The van der Waals surface area contributed by atoms with E-state index in [1.807, 2.05) is 18.0 Å². The Morgan fingerprint density at radius 2 is 2.04 bits per heavy atom. The summed E-state index contributed by atoms with van der Waals surface area (Å²) in [5.74, 6) is 0.196. The summed E-state index contributed by atoms with van der Waals surface area (Å²) in [6, 6.07) is 6.03. The summed E-state index contributed by atoms with van der Waals surface area (Å²) in [5.41, 5.74) is 0.106. The topological polar surface area (TPSA) is 52.7 Å². The van der Waals surface area contributed by atoms with E-state index in [2.05, 4.69) is 12.2 Å². The first kappa shape index (κ1) is 16.9. The van der Waals surface area contributed by atoms with Crippen LogP contribution in [0.4, 0.5) is 9.18 Å². The molecule has 6 heteroatoms. The van der Waals surface area contributed by atoms with Crippen molar-refractivity contribution in [3.8, 4) is 0 Å². The minimum Gasteiger partial charge on any atom is -0.323 e. The molecule has 0 aromatic heterocycles. The fourth-order valence-corrected chi connectivity index (χ4v) is 3.64. The van der Waals surface area contributed by atoms with Gasteiger partial charge in [-0.25, -0.2) is 14.1 Å². The van der Waals surface area contributed by atoms with E-state index in [0.717, 1.165) is 18.4 Å². The van der Waals surface area contributed by atoms with E-state index in [4.69, 9.17) is 0 Å². The van der Waals surface area contributed by atoms with Crippen LogP contribution in [-0.2, 0) is 11.3 Å². The van der Waals surface area contributed by atoms with Gasteiger partial charge in [0.05, 0.1) is 6.67 Å². The van der Waals surface area contributed by atoms with Crippen molar-refractivity contribution in [2.45, 2.75) is 44.7 Å². The Labute approximate surface area is 141 Å². The maximum Gasteiger partial charge on any atom is 0.326 e. The molecule has 0 radical (unpaired) electrons. The lowest BCUT2D eigenvalue weighted by Crippen LogP contribution is -2.49. The molecule has 3 amide bonds. The highest BCUT2D eigenvalue weighted by Gasteiger charge is 2.52. The molecular weight excluding hydrogens is 309 g/mol. The smallest absolute Gasteiger partial charge is 0.323 e. The predicted octanol–water partition coefficient (Wildman–Crippen LogP) is 2.72. The molecule has 1 aromatic rings. The van der Waals surface area contributed by atoms with E-state index < -0.39 is 5.54 Å². The van der Waals surface area contributed by atoms with Crippen LogP contribution in [0.2, 0.25) is 0 Å². The summed E-state index contributed by atoms with van der Waals surface area (Å²) in [4.78, 5) is 28.2. The van der Waals surface area contributed by atoms with E-state index in [1.165, 1.54) is 17.0 Å². The first-order valence-corrected chi connectivity index (χ1v) is 8.47. The molecule has 0 bridgehead atoms. The van der Waals surface area contributed by atoms with Gasteiger partial charge < -0.3 is 5.32 Å². The van der Waals surface area contributed by atoms with Gasteiger partial charge in [-0.05, 0) is 56.3 Å². The normalized spacial score (nSPS) is 27.2. The molecule has 1 saturated carbocycles. The van der Waals surface area contributed by atoms with Crippen LogP contribution in [0.25, 0.3) is 0 Å². The molecule has 1 aromatic carbocycles. The highest BCUT2D eigenvalue weighted by atomic mass is 19.1. The van der Waals surface area contributed by atoms with E-state index >= 15 is 0 Å². The average Bonchev–Trinajstić information content (AvgIpc) is 2.75. The van der Waals surface area contributed by atoms with E-state index in [1.54, 1.807) is 6.07 Å². The minimum atomic E-state index is -0.705. The van der Waals surface area contributed by atoms with E-state index in [0.29, 0.717) is 25.3 Å². The Bertz CT molecular complexity index is 641. The molecule has 1 aliphatic heterocycles. The van der Waals surface area contributed by atoms with Crippen LogP contribution in [-0.4, -0.2) is 41.0 Å². The van der Waals surface area contributed by atoms with Crippen LogP contribution in [0.15, 0.2) is 24.3 Å². The zero-order valence-corrected chi connectivity index (χ0v) is 14.2. The van der Waals surface area contributed by atoms with Crippen LogP contribution in [0.3, 0.4) is 0 Å². The highest BCUT2D eigenvalue weighted by Crippen LogP contribution is 2.36. The summed E-state index contributed by atoms with van der Waals surface area (Å²) in [6.45, 7) is 2.86. The van der Waals surface area contributed by atoms with Crippen molar-refractivity contribution in [3.63, 3.8) is 0 Å². The first-order chi connectivity index (χ1) is 11.4. The molecule has 24 heavy (non-hydrogen) atoms. The molecule has 2 fully saturated rings. The number of carbonyl (C=O) groups is 2. The van der Waals surface area contributed by atoms with Gasteiger partial charge in [0.15, 0.2) is 0 Å². The largest absolute Gasteiger partial charge is 0.326 e. The zero-order valence-electron chi connectivity index (χ0n) is 14.2. The van der Waals surface area contributed by atoms with Crippen molar-refractivity contribution in [1.82, 2.24) is 15.1 Å². The molecule has 1 saturated heterocycles. The second-order valence-corrected chi connectivity index (χ2v) is 7.21. The lowest BCUT2D eigenvalue weighted by molar-refractivity contribution is -0.134. The fraction of sp³-hybridized carbons (Fsp3) is 0.556. The molecule has 0 atom stereocenters. The number of benzene rings is 1. The number of hydrogen-bond acceptors (Lipinski definition) is 3. The Morgan fingerprint density at radius 1 is 1.33 bits per heavy atom. The summed E-state index contributed by atoms with van der Waals surface area (Å²) >= 11 is 0. The summed E-state index contributed by atoms with van der Waals surface area (Å²) in [5, 5.41) is 2.92. The van der Waals surface area contributed by atoms with Gasteiger partial charge in [-0.1, -0.05) is 19.1 Å². The van der Waals surface area contributed by atoms with Crippen molar-refractivity contribution in [1.29, 1.82) is 0 Å². The van der Waals surface area contributed by atoms with Crippen molar-refractivity contribution < 1.29 is 14.0 Å². The van der Waals surface area contributed by atoms with Crippen molar-refractivity contribution in [2.24, 2.45) is 5.92 Å². The Kier molecular flexibility index (Phi) is 4.58. The highest BCUT2D eigenvalue weighted by molar-refractivity contribution is 6.07. The molecule has 1 N–H and O–H groups in total. The molecule has 5 nitrogen and oxygen atoms in total. The molecule has 130 valence electrons. The third-order valence-corrected chi connectivity index (χ3v) is 5.10. The number of nitrogens with zero attached hydrogens (tertiary/aromatic N) is 2. The number of amides is 3. The SMILES string of the molecule is CC1CCC2(CC1)NC(=O)N(CN(C)Cc1cccc(F)c1)C2=O. The number of rotatable bonds is 4. The third-order valence-electron chi connectivity index (χ3n) is 5.10. The second-order valence-electron chi connectivity index (χ2n) is 7.21. The fourth-order valence-electron chi connectivity index (χ4n) is 3.64. The van der Waals surface area contributed by atoms with Crippen LogP contribution in [0.5, 0.6) is 0 Å². The first-order valence-electron chi connectivity index (χ1n) is 8.47. The van der Waals surface area contributed by atoms with Crippen LogP contribution in [0, 0.1) is 11.7 Å². The van der Waals surface area contributed by atoms with Gasteiger partial charge >= 0.3 is 6.03 Å². The minimum absolute atomic E-state index is 0.120. The molecule has 2 aliphatic rings. The van der Waals surface area contributed by atoms with Gasteiger partial charge in [-0.3, -0.25) is 9.69 Å². The molecule has 3 rings (SSSR count). The van der Waals surface area contributed by atoms with Gasteiger partial charge in [0.1, 0.15) is 11.4 Å². The van der Waals surface area contributed by atoms with Gasteiger partial charge in [0.25, 0.3) is 5.91 Å². The molecule has 1 aliphatic carbocycles. The quantitative estimate of drug-likeness (QED) is 0.862. The van der Waals surface area contributed by atoms with Crippen molar-refractivity contribution in [2.75, 3.05) is 13.7 Å². The van der Waals surface area contributed by atoms with Crippen LogP contribution < -0.4 is 5.32 Å². The molecule has 0 unspecified atom stereocenters. The number of hydrogen-bond donors (Lipinski definition) is 1. The monoisotopic (exact) mass is 333 g/mol. The Morgan fingerprint density at radius 3 is 2.71 bits per heavy atom. The number of imide groups is 1.